The highest BCUT2D eigenvalue weighted by Gasteiger charge is 2.23. The summed E-state index contributed by atoms with van der Waals surface area (Å²) < 4.78 is 0. The van der Waals surface area contributed by atoms with Crippen molar-refractivity contribution in [2.45, 2.75) is 46.1 Å². The summed E-state index contributed by atoms with van der Waals surface area (Å²) in [7, 11) is 0. The molecule has 88 valence electrons. The maximum Gasteiger partial charge on any atom is 0.222 e. The highest BCUT2D eigenvalue weighted by atomic mass is 16.1. The van der Waals surface area contributed by atoms with Gasteiger partial charge in [0, 0.05) is 25.0 Å². The van der Waals surface area contributed by atoms with Crippen molar-refractivity contribution in [2.24, 2.45) is 5.92 Å². The third-order valence-corrected chi connectivity index (χ3v) is 2.97. The fraction of sp³-hybridized carbons (Fsp3) is 0.917. The molecule has 1 aliphatic rings. The normalized spacial score (nSPS) is 22.3. The standard InChI is InChI=1S/C12H24N2O/c1-4-5-7-14-8-6-11(9-14)13-12(15)10(2)3/h10-11H,4-9H2,1-3H3,(H,13,15). The first-order valence-corrected chi connectivity index (χ1v) is 6.16. The average molecular weight is 212 g/mol. The van der Waals surface area contributed by atoms with Crippen LogP contribution >= 0.6 is 0 Å². The van der Waals surface area contributed by atoms with Crippen LogP contribution in [0.25, 0.3) is 0 Å². The van der Waals surface area contributed by atoms with E-state index in [1.165, 1.54) is 19.4 Å². The molecule has 1 aliphatic heterocycles. The maximum atomic E-state index is 11.5. The van der Waals surface area contributed by atoms with E-state index >= 15 is 0 Å². The van der Waals surface area contributed by atoms with Crippen molar-refractivity contribution in [3.05, 3.63) is 0 Å². The molecule has 15 heavy (non-hydrogen) atoms. The predicted octanol–water partition coefficient (Wildman–Crippen LogP) is 1.63. The van der Waals surface area contributed by atoms with Crippen LogP contribution in [-0.2, 0) is 4.79 Å². The second-order valence-electron chi connectivity index (χ2n) is 4.80. The lowest BCUT2D eigenvalue weighted by Crippen LogP contribution is -2.39. The molecule has 1 atom stereocenters. The summed E-state index contributed by atoms with van der Waals surface area (Å²) in [5, 5.41) is 3.10. The Kier molecular flexibility index (Phi) is 5.09. The van der Waals surface area contributed by atoms with Crippen molar-refractivity contribution in [1.29, 1.82) is 0 Å². The average Bonchev–Trinajstić information content (AvgIpc) is 2.62. The second kappa shape index (κ2) is 6.11. The summed E-state index contributed by atoms with van der Waals surface area (Å²) in [6, 6.07) is 0.386. The van der Waals surface area contributed by atoms with Crippen LogP contribution in [0.2, 0.25) is 0 Å². The van der Waals surface area contributed by atoms with E-state index in [1.807, 2.05) is 13.8 Å². The van der Waals surface area contributed by atoms with Crippen LogP contribution < -0.4 is 5.32 Å². The van der Waals surface area contributed by atoms with Gasteiger partial charge in [0.05, 0.1) is 0 Å². The first-order valence-electron chi connectivity index (χ1n) is 6.16. The van der Waals surface area contributed by atoms with Gasteiger partial charge in [-0.15, -0.1) is 0 Å². The third kappa shape index (κ3) is 4.20. The number of hydrogen-bond acceptors (Lipinski definition) is 2. The lowest BCUT2D eigenvalue weighted by Gasteiger charge is -2.17. The maximum absolute atomic E-state index is 11.5. The SMILES string of the molecule is CCCCN1CCC(NC(=O)C(C)C)C1. The van der Waals surface area contributed by atoms with E-state index < -0.39 is 0 Å². The van der Waals surface area contributed by atoms with E-state index in [0.29, 0.717) is 6.04 Å². The van der Waals surface area contributed by atoms with Gasteiger partial charge in [-0.3, -0.25) is 4.79 Å². The largest absolute Gasteiger partial charge is 0.352 e. The molecule has 1 saturated heterocycles. The van der Waals surface area contributed by atoms with E-state index in [1.54, 1.807) is 0 Å². The van der Waals surface area contributed by atoms with Crippen molar-refractivity contribution in [3.63, 3.8) is 0 Å². The molecule has 0 radical (unpaired) electrons. The molecular weight excluding hydrogens is 188 g/mol. The van der Waals surface area contributed by atoms with E-state index in [4.69, 9.17) is 0 Å². The number of nitrogens with zero attached hydrogens (tertiary/aromatic N) is 1. The van der Waals surface area contributed by atoms with Gasteiger partial charge in [0.15, 0.2) is 0 Å². The van der Waals surface area contributed by atoms with Gasteiger partial charge in [-0.05, 0) is 19.4 Å². The van der Waals surface area contributed by atoms with E-state index in [9.17, 15) is 4.79 Å². The van der Waals surface area contributed by atoms with Crippen molar-refractivity contribution in [3.8, 4) is 0 Å². The van der Waals surface area contributed by atoms with Crippen LogP contribution in [0.15, 0.2) is 0 Å². The summed E-state index contributed by atoms with van der Waals surface area (Å²) in [6.07, 6.45) is 3.63. The fourth-order valence-electron chi connectivity index (χ4n) is 1.90. The number of unbranched alkanes of at least 4 members (excludes halogenated alkanes) is 1. The molecule has 0 aromatic rings. The number of nitrogens with one attached hydrogen (secondary N) is 1. The molecular formula is C12H24N2O. The van der Waals surface area contributed by atoms with Gasteiger partial charge in [-0.25, -0.2) is 0 Å². The summed E-state index contributed by atoms with van der Waals surface area (Å²) in [5.41, 5.74) is 0. The van der Waals surface area contributed by atoms with Crippen LogP contribution in [-0.4, -0.2) is 36.5 Å². The Morgan fingerprint density at radius 2 is 2.27 bits per heavy atom. The third-order valence-electron chi connectivity index (χ3n) is 2.97. The van der Waals surface area contributed by atoms with Crippen molar-refractivity contribution in [2.75, 3.05) is 19.6 Å². The first kappa shape index (κ1) is 12.5. The summed E-state index contributed by atoms with van der Waals surface area (Å²) in [6.45, 7) is 9.47. The Bertz CT molecular complexity index is 204. The summed E-state index contributed by atoms with van der Waals surface area (Å²) >= 11 is 0. The van der Waals surface area contributed by atoms with Crippen LogP contribution in [0.4, 0.5) is 0 Å². The topological polar surface area (TPSA) is 32.3 Å². The molecule has 1 amide bonds. The van der Waals surface area contributed by atoms with E-state index in [-0.39, 0.29) is 11.8 Å². The van der Waals surface area contributed by atoms with Gasteiger partial charge < -0.3 is 10.2 Å². The highest BCUT2D eigenvalue weighted by molar-refractivity contribution is 5.78. The van der Waals surface area contributed by atoms with E-state index in [2.05, 4.69) is 17.1 Å². The number of rotatable bonds is 5. The molecule has 3 heteroatoms. The van der Waals surface area contributed by atoms with Gasteiger partial charge >= 0.3 is 0 Å². The Morgan fingerprint density at radius 3 is 2.87 bits per heavy atom. The minimum atomic E-state index is 0.106. The van der Waals surface area contributed by atoms with Crippen molar-refractivity contribution in [1.82, 2.24) is 10.2 Å². The quantitative estimate of drug-likeness (QED) is 0.751. The van der Waals surface area contributed by atoms with E-state index in [0.717, 1.165) is 19.5 Å². The molecule has 1 unspecified atom stereocenters. The first-order chi connectivity index (χ1) is 7.13. The number of amides is 1. The summed E-state index contributed by atoms with van der Waals surface area (Å²) in [4.78, 5) is 13.9. The monoisotopic (exact) mass is 212 g/mol. The Morgan fingerprint density at radius 1 is 1.53 bits per heavy atom. The van der Waals surface area contributed by atoms with Gasteiger partial charge in [0.25, 0.3) is 0 Å². The molecule has 0 aromatic carbocycles. The van der Waals surface area contributed by atoms with Gasteiger partial charge in [-0.1, -0.05) is 27.2 Å². The van der Waals surface area contributed by atoms with Gasteiger partial charge in [-0.2, -0.15) is 0 Å². The second-order valence-corrected chi connectivity index (χ2v) is 4.80. The molecule has 1 heterocycles. The van der Waals surface area contributed by atoms with Crippen molar-refractivity contribution < 1.29 is 4.79 Å². The van der Waals surface area contributed by atoms with Crippen LogP contribution in [0.5, 0.6) is 0 Å². The zero-order chi connectivity index (χ0) is 11.3. The number of carbonyl (C=O) groups excluding carboxylic acids is 1. The molecule has 3 nitrogen and oxygen atoms in total. The number of hydrogen-bond donors (Lipinski definition) is 1. The highest BCUT2D eigenvalue weighted by Crippen LogP contribution is 2.10. The zero-order valence-electron chi connectivity index (χ0n) is 10.3. The fourth-order valence-corrected chi connectivity index (χ4v) is 1.90. The zero-order valence-corrected chi connectivity index (χ0v) is 10.3. The molecule has 0 aliphatic carbocycles. The lowest BCUT2D eigenvalue weighted by molar-refractivity contribution is -0.124. The Labute approximate surface area is 93.2 Å². The lowest BCUT2D eigenvalue weighted by atomic mass is 10.2. The van der Waals surface area contributed by atoms with Gasteiger partial charge in [0.2, 0.25) is 5.91 Å². The molecule has 0 saturated carbocycles. The summed E-state index contributed by atoms with van der Waals surface area (Å²) in [5.74, 6) is 0.298. The smallest absolute Gasteiger partial charge is 0.222 e. The minimum absolute atomic E-state index is 0.106. The minimum Gasteiger partial charge on any atom is -0.352 e. The van der Waals surface area contributed by atoms with Gasteiger partial charge in [0.1, 0.15) is 0 Å². The Hall–Kier alpha value is -0.570. The Balaban J connectivity index is 2.21. The predicted molar refractivity (Wildman–Crippen MR) is 62.7 cm³/mol. The molecule has 0 aromatic heterocycles. The molecule has 0 bridgehead atoms. The number of carbonyl (C=O) groups is 1. The van der Waals surface area contributed by atoms with Crippen molar-refractivity contribution >= 4 is 5.91 Å². The van der Waals surface area contributed by atoms with Crippen LogP contribution in [0, 0.1) is 5.92 Å². The van der Waals surface area contributed by atoms with Crippen LogP contribution in [0.1, 0.15) is 40.0 Å². The molecule has 1 rings (SSSR count). The number of likely N-dealkylation sites (tertiary alicyclic amines) is 1. The molecule has 1 fully saturated rings. The molecule has 1 N–H and O–H groups in total. The van der Waals surface area contributed by atoms with Crippen LogP contribution in [0.3, 0.4) is 0 Å². The molecule has 0 spiro atoms.